The number of hydrogen-bond acceptors (Lipinski definition) is 4. The van der Waals surface area contributed by atoms with Crippen molar-refractivity contribution in [1.29, 1.82) is 0 Å². The lowest BCUT2D eigenvalue weighted by atomic mass is 9.89. The SMILES string of the molecule is CC[C@H](C)[C@H](NC(=O)C[C@H]1CCC(=O)[C@H]1C/C=C\CC(=O)O)C(=O)O. The zero-order valence-corrected chi connectivity index (χ0v) is 14.7. The van der Waals surface area contributed by atoms with E-state index in [4.69, 9.17) is 5.11 Å². The third kappa shape index (κ3) is 6.68. The van der Waals surface area contributed by atoms with Gasteiger partial charge in [-0.2, -0.15) is 0 Å². The molecule has 0 radical (unpaired) electrons. The highest BCUT2D eigenvalue weighted by Crippen LogP contribution is 2.34. The maximum absolute atomic E-state index is 12.2. The van der Waals surface area contributed by atoms with Crippen LogP contribution in [0.5, 0.6) is 0 Å². The van der Waals surface area contributed by atoms with E-state index in [2.05, 4.69) is 5.32 Å². The number of nitrogens with one attached hydrogen (secondary N) is 1. The van der Waals surface area contributed by atoms with Gasteiger partial charge in [0.1, 0.15) is 11.8 Å². The number of carboxylic acids is 2. The fraction of sp³-hybridized carbons (Fsp3) is 0.667. The van der Waals surface area contributed by atoms with Crippen LogP contribution in [0.25, 0.3) is 0 Å². The summed E-state index contributed by atoms with van der Waals surface area (Å²) in [5.74, 6) is -2.88. The fourth-order valence-corrected chi connectivity index (χ4v) is 3.13. The average molecular weight is 353 g/mol. The molecule has 1 rings (SSSR count). The second kappa shape index (κ2) is 9.96. The summed E-state index contributed by atoms with van der Waals surface area (Å²) in [6.45, 7) is 3.64. The highest BCUT2D eigenvalue weighted by Gasteiger charge is 2.35. The van der Waals surface area contributed by atoms with Crippen molar-refractivity contribution < 1.29 is 29.4 Å². The summed E-state index contributed by atoms with van der Waals surface area (Å²) in [5.41, 5.74) is 0. The molecule has 3 N–H and O–H groups in total. The van der Waals surface area contributed by atoms with E-state index in [-0.39, 0.29) is 42.3 Å². The van der Waals surface area contributed by atoms with Gasteiger partial charge in [-0.05, 0) is 24.7 Å². The van der Waals surface area contributed by atoms with Gasteiger partial charge in [-0.1, -0.05) is 32.4 Å². The van der Waals surface area contributed by atoms with Gasteiger partial charge in [0.15, 0.2) is 0 Å². The molecule has 0 spiro atoms. The molecule has 0 aliphatic heterocycles. The van der Waals surface area contributed by atoms with E-state index in [9.17, 15) is 24.3 Å². The molecule has 0 aromatic rings. The number of rotatable bonds is 10. The van der Waals surface area contributed by atoms with E-state index in [0.29, 0.717) is 25.7 Å². The Hall–Kier alpha value is -2.18. The second-order valence-electron chi connectivity index (χ2n) is 6.65. The molecule has 1 amide bonds. The molecule has 4 atom stereocenters. The van der Waals surface area contributed by atoms with E-state index in [0.717, 1.165) is 0 Å². The van der Waals surface area contributed by atoms with Crippen molar-refractivity contribution in [1.82, 2.24) is 5.32 Å². The zero-order valence-electron chi connectivity index (χ0n) is 14.7. The maximum atomic E-state index is 12.2. The smallest absolute Gasteiger partial charge is 0.326 e. The van der Waals surface area contributed by atoms with Gasteiger partial charge >= 0.3 is 11.9 Å². The van der Waals surface area contributed by atoms with Crippen molar-refractivity contribution >= 4 is 23.6 Å². The lowest BCUT2D eigenvalue weighted by molar-refractivity contribution is -0.143. The Morgan fingerprint density at radius 1 is 1.28 bits per heavy atom. The van der Waals surface area contributed by atoms with Crippen LogP contribution in [0.2, 0.25) is 0 Å². The molecule has 0 saturated heterocycles. The molecule has 1 aliphatic carbocycles. The predicted octanol–water partition coefficient (Wildman–Crippen LogP) is 2.01. The third-order valence-electron chi connectivity index (χ3n) is 4.84. The van der Waals surface area contributed by atoms with Crippen LogP contribution in [0.1, 0.15) is 52.4 Å². The Labute approximate surface area is 147 Å². The van der Waals surface area contributed by atoms with Gasteiger partial charge in [0, 0.05) is 18.8 Å². The minimum Gasteiger partial charge on any atom is -0.481 e. The molecule has 0 aromatic heterocycles. The number of hydrogen-bond donors (Lipinski definition) is 3. The first-order valence-electron chi connectivity index (χ1n) is 8.67. The van der Waals surface area contributed by atoms with Gasteiger partial charge < -0.3 is 15.5 Å². The van der Waals surface area contributed by atoms with Gasteiger partial charge in [0.25, 0.3) is 0 Å². The summed E-state index contributed by atoms with van der Waals surface area (Å²) < 4.78 is 0. The number of carboxylic acid groups (broad SMARTS) is 2. The van der Waals surface area contributed by atoms with Crippen LogP contribution in [-0.2, 0) is 19.2 Å². The summed E-state index contributed by atoms with van der Waals surface area (Å²) in [4.78, 5) is 46.0. The van der Waals surface area contributed by atoms with Crippen LogP contribution < -0.4 is 5.32 Å². The van der Waals surface area contributed by atoms with E-state index in [1.807, 2.05) is 6.92 Å². The summed E-state index contributed by atoms with van der Waals surface area (Å²) >= 11 is 0. The first-order chi connectivity index (χ1) is 11.8. The molecule has 0 heterocycles. The van der Waals surface area contributed by atoms with Crippen molar-refractivity contribution in [2.24, 2.45) is 17.8 Å². The van der Waals surface area contributed by atoms with Gasteiger partial charge in [-0.15, -0.1) is 0 Å². The Balaban J connectivity index is 2.61. The first kappa shape index (κ1) is 20.9. The van der Waals surface area contributed by atoms with Crippen molar-refractivity contribution in [2.75, 3.05) is 0 Å². The third-order valence-corrected chi connectivity index (χ3v) is 4.84. The number of carbonyl (C=O) groups excluding carboxylic acids is 2. The predicted molar refractivity (Wildman–Crippen MR) is 90.9 cm³/mol. The van der Waals surface area contributed by atoms with E-state index < -0.39 is 18.0 Å². The molecule has 7 heteroatoms. The summed E-state index contributed by atoms with van der Waals surface area (Å²) in [7, 11) is 0. The van der Waals surface area contributed by atoms with E-state index in [1.165, 1.54) is 6.08 Å². The van der Waals surface area contributed by atoms with Crippen LogP contribution in [0, 0.1) is 17.8 Å². The monoisotopic (exact) mass is 353 g/mol. The summed E-state index contributed by atoms with van der Waals surface area (Å²) in [6.07, 6.45) is 5.26. The number of carbonyl (C=O) groups is 4. The van der Waals surface area contributed by atoms with E-state index in [1.54, 1.807) is 13.0 Å². The minimum absolute atomic E-state index is 0.0782. The quantitative estimate of drug-likeness (QED) is 0.517. The molecule has 7 nitrogen and oxygen atoms in total. The lowest BCUT2D eigenvalue weighted by Crippen LogP contribution is -2.45. The summed E-state index contributed by atoms with van der Waals surface area (Å²) in [5, 5.41) is 20.4. The van der Waals surface area contributed by atoms with Crippen LogP contribution in [-0.4, -0.2) is 39.9 Å². The van der Waals surface area contributed by atoms with Crippen LogP contribution in [0.3, 0.4) is 0 Å². The number of aliphatic carboxylic acids is 2. The molecule has 1 saturated carbocycles. The fourth-order valence-electron chi connectivity index (χ4n) is 3.13. The van der Waals surface area contributed by atoms with Crippen molar-refractivity contribution in [3.05, 3.63) is 12.2 Å². The maximum Gasteiger partial charge on any atom is 0.326 e. The number of Topliss-reactive ketones (excluding diaryl/α,β-unsaturated/α-hetero) is 1. The Bertz CT molecular complexity index is 542. The number of amides is 1. The second-order valence-corrected chi connectivity index (χ2v) is 6.65. The molecule has 1 aliphatic rings. The Morgan fingerprint density at radius 2 is 1.96 bits per heavy atom. The van der Waals surface area contributed by atoms with Crippen LogP contribution in [0.15, 0.2) is 12.2 Å². The zero-order chi connectivity index (χ0) is 19.0. The van der Waals surface area contributed by atoms with Crippen molar-refractivity contribution in [3.63, 3.8) is 0 Å². The lowest BCUT2D eigenvalue weighted by Gasteiger charge is -2.22. The number of ketones is 1. The molecule has 1 fully saturated rings. The van der Waals surface area contributed by atoms with E-state index >= 15 is 0 Å². The molecule has 140 valence electrons. The first-order valence-corrected chi connectivity index (χ1v) is 8.67. The van der Waals surface area contributed by atoms with Crippen LogP contribution >= 0.6 is 0 Å². The highest BCUT2D eigenvalue weighted by atomic mass is 16.4. The topological polar surface area (TPSA) is 121 Å². The Kier molecular flexibility index (Phi) is 8.31. The van der Waals surface area contributed by atoms with Crippen LogP contribution in [0.4, 0.5) is 0 Å². The standard InChI is InChI=1S/C18H27NO6/c1-3-11(2)17(18(24)25)19-15(21)10-12-8-9-14(20)13(12)6-4-5-7-16(22)23/h4-5,11-13,17H,3,6-10H2,1-2H3,(H,19,21)(H,22,23)(H,24,25)/b5-4-/t11-,12+,13-,17-/m0/s1. The molecule has 0 unspecified atom stereocenters. The molecular formula is C18H27NO6. The van der Waals surface area contributed by atoms with Gasteiger partial charge in [-0.3, -0.25) is 14.4 Å². The molecule has 0 aromatic carbocycles. The number of allylic oxidation sites excluding steroid dienone is 1. The molecular weight excluding hydrogens is 326 g/mol. The molecule has 25 heavy (non-hydrogen) atoms. The Morgan fingerprint density at radius 3 is 2.52 bits per heavy atom. The average Bonchev–Trinajstić information content (AvgIpc) is 2.88. The highest BCUT2D eigenvalue weighted by molar-refractivity contribution is 5.87. The normalized spacial score (nSPS) is 22.7. The van der Waals surface area contributed by atoms with Gasteiger partial charge in [0.2, 0.25) is 5.91 Å². The minimum atomic E-state index is -1.06. The summed E-state index contributed by atoms with van der Waals surface area (Å²) in [6, 6.07) is -0.927. The van der Waals surface area contributed by atoms with Gasteiger partial charge in [-0.25, -0.2) is 4.79 Å². The van der Waals surface area contributed by atoms with Crippen molar-refractivity contribution in [3.8, 4) is 0 Å². The van der Waals surface area contributed by atoms with Crippen molar-refractivity contribution in [2.45, 2.75) is 58.4 Å². The largest absolute Gasteiger partial charge is 0.481 e. The van der Waals surface area contributed by atoms with Gasteiger partial charge in [0.05, 0.1) is 6.42 Å². The molecule has 0 bridgehead atoms.